The fourth-order valence-electron chi connectivity index (χ4n) is 1.86. The smallest absolute Gasteiger partial charge is 0.250 e. The van der Waals surface area contributed by atoms with Crippen molar-refractivity contribution in [3.8, 4) is 11.8 Å². The summed E-state index contributed by atoms with van der Waals surface area (Å²) in [5, 5.41) is 0. The van der Waals surface area contributed by atoms with Gasteiger partial charge in [0.1, 0.15) is 0 Å². The van der Waals surface area contributed by atoms with Gasteiger partial charge in [-0.05, 0) is 24.3 Å². The third kappa shape index (κ3) is 4.04. The Labute approximate surface area is 125 Å². The molecule has 0 saturated heterocycles. The molecular weight excluding hydrogens is 282 g/mol. The number of nitrogens with zero attached hydrogens (tertiary/aromatic N) is 1. The molecule has 0 aliphatic heterocycles. The normalized spacial score (nSPS) is 12.7. The van der Waals surface area contributed by atoms with Gasteiger partial charge in [-0.15, -0.1) is 0 Å². The van der Waals surface area contributed by atoms with Gasteiger partial charge >= 0.3 is 0 Å². The molecule has 21 heavy (non-hydrogen) atoms. The molecule has 106 valence electrons. The van der Waals surface area contributed by atoms with Crippen LogP contribution in [0.1, 0.15) is 18.1 Å². The molecule has 4 heteroatoms. The molecule has 0 bridgehead atoms. The molecule has 0 heterocycles. The van der Waals surface area contributed by atoms with Crippen LogP contribution in [0.25, 0.3) is 0 Å². The summed E-state index contributed by atoms with van der Waals surface area (Å²) in [6.45, 7) is 1.29. The lowest BCUT2D eigenvalue weighted by molar-refractivity contribution is -0.115. The number of carbonyl (C=O) groups excluding carboxylic acids is 1. The summed E-state index contributed by atoms with van der Waals surface area (Å²) in [6, 6.07) is 16.6. The first-order valence-corrected chi connectivity index (χ1v) is 8.30. The molecule has 0 aliphatic rings. The molecule has 2 aromatic rings. The first kappa shape index (κ1) is 15.0. The summed E-state index contributed by atoms with van der Waals surface area (Å²) in [5.41, 5.74) is 1.50. The molecule has 1 amide bonds. The van der Waals surface area contributed by atoms with Crippen LogP contribution in [0.15, 0.2) is 63.9 Å². The molecule has 0 N–H and O–H groups in total. The number of rotatable bonds is 1. The Kier molecular flexibility index (Phi) is 4.56. The number of amides is 1. The molecule has 3 nitrogen and oxygen atoms in total. The third-order valence-electron chi connectivity index (χ3n) is 2.71. The number of carbonyl (C=O) groups is 1. The van der Waals surface area contributed by atoms with Gasteiger partial charge < -0.3 is 0 Å². The van der Waals surface area contributed by atoms with Crippen molar-refractivity contribution in [3.05, 3.63) is 65.7 Å². The minimum absolute atomic E-state index is 0.451. The molecule has 0 fully saturated rings. The van der Waals surface area contributed by atoms with Crippen molar-refractivity contribution in [3.63, 3.8) is 0 Å². The number of benzene rings is 2. The zero-order valence-corrected chi connectivity index (χ0v) is 12.7. The minimum atomic E-state index is -2.77. The van der Waals surface area contributed by atoms with Crippen LogP contribution in [-0.4, -0.2) is 16.4 Å². The highest BCUT2D eigenvalue weighted by atomic mass is 32.2. The van der Waals surface area contributed by atoms with Gasteiger partial charge in [0.25, 0.3) is 5.91 Å². The lowest BCUT2D eigenvalue weighted by Gasteiger charge is -2.05. The van der Waals surface area contributed by atoms with E-state index in [9.17, 15) is 9.00 Å². The second-order valence-electron chi connectivity index (χ2n) is 4.53. The first-order chi connectivity index (χ1) is 9.99. The van der Waals surface area contributed by atoms with Crippen molar-refractivity contribution in [2.24, 2.45) is 4.36 Å². The van der Waals surface area contributed by atoms with E-state index in [0.29, 0.717) is 10.5 Å². The largest absolute Gasteiger partial charge is 0.272 e. The van der Waals surface area contributed by atoms with Crippen LogP contribution >= 0.6 is 0 Å². The van der Waals surface area contributed by atoms with Gasteiger partial charge in [-0.1, -0.05) is 42.2 Å². The Morgan fingerprint density at radius 2 is 1.62 bits per heavy atom. The Morgan fingerprint density at radius 3 is 2.29 bits per heavy atom. The lowest BCUT2D eigenvalue weighted by atomic mass is 10.2. The van der Waals surface area contributed by atoms with Crippen molar-refractivity contribution in [1.29, 1.82) is 0 Å². The van der Waals surface area contributed by atoms with Gasteiger partial charge in [0.2, 0.25) is 0 Å². The molecule has 0 aromatic heterocycles. The predicted molar refractivity (Wildman–Crippen MR) is 84.3 cm³/mol. The molecule has 0 spiro atoms. The third-order valence-corrected chi connectivity index (χ3v) is 4.49. The topological polar surface area (TPSA) is 46.5 Å². The molecule has 2 aromatic carbocycles. The van der Waals surface area contributed by atoms with Crippen LogP contribution in [0.4, 0.5) is 0 Å². The molecule has 1 unspecified atom stereocenters. The van der Waals surface area contributed by atoms with Crippen LogP contribution in [0.2, 0.25) is 0 Å². The summed E-state index contributed by atoms with van der Waals surface area (Å²) in [5.74, 6) is 5.58. The van der Waals surface area contributed by atoms with E-state index in [0.717, 1.165) is 5.56 Å². The highest BCUT2D eigenvalue weighted by Gasteiger charge is 2.11. The van der Waals surface area contributed by atoms with E-state index in [-0.39, 0.29) is 0 Å². The van der Waals surface area contributed by atoms with Crippen LogP contribution in [0.3, 0.4) is 0 Å². The van der Waals surface area contributed by atoms with Gasteiger partial charge in [-0.25, -0.2) is 4.21 Å². The maximum absolute atomic E-state index is 12.6. The van der Waals surface area contributed by atoms with Crippen molar-refractivity contribution in [2.45, 2.75) is 11.8 Å². The average Bonchev–Trinajstić information content (AvgIpc) is 2.45. The lowest BCUT2D eigenvalue weighted by Crippen LogP contribution is -2.03. The van der Waals surface area contributed by atoms with Gasteiger partial charge in [-0.3, -0.25) is 4.79 Å². The maximum atomic E-state index is 12.6. The zero-order chi connectivity index (χ0) is 15.3. The monoisotopic (exact) mass is 297 g/mol. The molecule has 0 radical (unpaired) electrons. The molecule has 2 rings (SSSR count). The van der Waals surface area contributed by atoms with Gasteiger partial charge in [-0.2, -0.15) is 4.36 Å². The van der Waals surface area contributed by atoms with Crippen molar-refractivity contribution in [1.82, 2.24) is 0 Å². The summed E-state index contributed by atoms with van der Waals surface area (Å²) < 4.78 is 16.3. The van der Waals surface area contributed by atoms with E-state index in [1.165, 1.54) is 13.2 Å². The molecule has 0 aliphatic carbocycles. The van der Waals surface area contributed by atoms with Crippen LogP contribution in [-0.2, 0) is 14.5 Å². The fraction of sp³-hybridized carbons (Fsp3) is 0.118. The van der Waals surface area contributed by atoms with Crippen molar-refractivity contribution >= 4 is 15.6 Å². The van der Waals surface area contributed by atoms with Crippen LogP contribution in [0.5, 0.6) is 0 Å². The van der Waals surface area contributed by atoms with Gasteiger partial charge in [0.05, 0.1) is 14.6 Å². The SMILES string of the molecule is CC(=O)N=S(C)(=O)c1ccccc1C#Cc1ccccc1. The summed E-state index contributed by atoms with van der Waals surface area (Å²) in [6.07, 6.45) is 1.46. The number of hydrogen-bond donors (Lipinski definition) is 0. The second kappa shape index (κ2) is 6.38. The Bertz CT molecular complexity index is 836. The zero-order valence-electron chi connectivity index (χ0n) is 11.9. The van der Waals surface area contributed by atoms with Gasteiger partial charge in [0, 0.05) is 24.3 Å². The Balaban J connectivity index is 2.51. The summed E-state index contributed by atoms with van der Waals surface area (Å²) in [7, 11) is -2.77. The van der Waals surface area contributed by atoms with Gasteiger partial charge in [0.15, 0.2) is 0 Å². The number of hydrogen-bond acceptors (Lipinski definition) is 2. The van der Waals surface area contributed by atoms with Crippen LogP contribution in [0, 0.1) is 11.8 Å². The standard InChI is InChI=1S/C17H15NO2S/c1-14(19)18-21(2,20)17-11-7-6-10-16(17)13-12-15-8-4-3-5-9-15/h3-11H,1-2H3. The van der Waals surface area contributed by atoms with Crippen molar-refractivity contribution < 1.29 is 9.00 Å². The van der Waals surface area contributed by atoms with E-state index in [1.807, 2.05) is 36.4 Å². The van der Waals surface area contributed by atoms with E-state index >= 15 is 0 Å². The van der Waals surface area contributed by atoms with E-state index in [1.54, 1.807) is 18.2 Å². The van der Waals surface area contributed by atoms with E-state index in [2.05, 4.69) is 16.2 Å². The Hall–Kier alpha value is -2.38. The highest BCUT2D eigenvalue weighted by Crippen LogP contribution is 2.16. The molecule has 0 saturated carbocycles. The second-order valence-corrected chi connectivity index (χ2v) is 6.75. The maximum Gasteiger partial charge on any atom is 0.250 e. The first-order valence-electron chi connectivity index (χ1n) is 6.38. The fourth-order valence-corrected chi connectivity index (χ4v) is 3.30. The summed E-state index contributed by atoms with van der Waals surface area (Å²) in [4.78, 5) is 11.6. The minimum Gasteiger partial charge on any atom is -0.272 e. The molecular formula is C17H15NO2S. The average molecular weight is 297 g/mol. The highest BCUT2D eigenvalue weighted by molar-refractivity contribution is 7.93. The van der Waals surface area contributed by atoms with Crippen molar-refractivity contribution in [2.75, 3.05) is 6.26 Å². The quantitative estimate of drug-likeness (QED) is 0.759. The predicted octanol–water partition coefficient (Wildman–Crippen LogP) is 3.09. The Morgan fingerprint density at radius 1 is 1.00 bits per heavy atom. The van der Waals surface area contributed by atoms with E-state index in [4.69, 9.17) is 0 Å². The summed E-state index contributed by atoms with van der Waals surface area (Å²) >= 11 is 0. The van der Waals surface area contributed by atoms with Crippen LogP contribution < -0.4 is 0 Å². The molecule has 1 atom stereocenters. The van der Waals surface area contributed by atoms with E-state index < -0.39 is 15.6 Å².